The van der Waals surface area contributed by atoms with E-state index in [0.717, 1.165) is 35.5 Å². The number of carbonyl (C=O) groups excluding carboxylic acids is 1. The maximum Gasteiger partial charge on any atom is 0.166 e. The van der Waals surface area contributed by atoms with Crippen LogP contribution in [0.4, 0.5) is 0 Å². The van der Waals surface area contributed by atoms with Gasteiger partial charge in [-0.05, 0) is 44.9 Å². The lowest BCUT2D eigenvalue weighted by Gasteiger charge is -2.39. The first kappa shape index (κ1) is 15.5. The molecule has 0 radical (unpaired) electrons. The number of benzene rings is 1. The molecule has 2 bridgehead atoms. The monoisotopic (exact) mass is 325 g/mol. The van der Waals surface area contributed by atoms with Gasteiger partial charge in [-0.3, -0.25) is 4.79 Å². The van der Waals surface area contributed by atoms with E-state index in [-0.39, 0.29) is 11.7 Å². The van der Waals surface area contributed by atoms with Gasteiger partial charge in [0, 0.05) is 29.3 Å². The molecule has 4 rings (SSSR count). The fourth-order valence-electron chi connectivity index (χ4n) is 3.97. The molecule has 0 amide bonds. The highest BCUT2D eigenvalue weighted by Crippen LogP contribution is 2.27. The number of hydrogen-bond acceptors (Lipinski definition) is 4. The number of ketones is 1. The smallest absolute Gasteiger partial charge is 0.166 e. The number of hydrogen-bond donors (Lipinski definition) is 1. The third-order valence-electron chi connectivity index (χ3n) is 5.00. The first-order valence-electron chi connectivity index (χ1n) is 8.62. The van der Waals surface area contributed by atoms with Crippen molar-refractivity contribution in [3.63, 3.8) is 0 Å². The Balaban J connectivity index is 1.59. The topological polar surface area (TPSA) is 56.1 Å². The number of aryl methyl sites for hydroxylation is 2. The molecule has 1 N–H and O–H groups in total. The molecule has 1 aromatic carbocycles. The summed E-state index contributed by atoms with van der Waals surface area (Å²) in [7, 11) is 0. The first-order chi connectivity index (χ1) is 11.6. The second-order valence-electron chi connectivity index (χ2n) is 7.02. The van der Waals surface area contributed by atoms with Crippen LogP contribution in [0.25, 0.3) is 5.69 Å². The van der Waals surface area contributed by atoms with Crippen molar-refractivity contribution in [3.8, 4) is 5.69 Å². The molecule has 2 aliphatic rings. The lowest BCUT2D eigenvalue weighted by molar-refractivity contribution is 0.00953. The largest absolute Gasteiger partial charge is 0.378 e. The number of morpholine rings is 1. The minimum atomic E-state index is 0.0841. The number of piperidine rings is 1. The van der Waals surface area contributed by atoms with Gasteiger partial charge in [-0.25, -0.2) is 4.68 Å². The van der Waals surface area contributed by atoms with Gasteiger partial charge in [-0.2, -0.15) is 5.10 Å². The number of Topliss-reactive ketones (excluding diaryl/α,β-unsaturated/α-hetero) is 1. The van der Waals surface area contributed by atoms with Crippen LogP contribution in [0.15, 0.2) is 30.3 Å². The van der Waals surface area contributed by atoms with E-state index in [2.05, 4.69) is 10.4 Å². The van der Waals surface area contributed by atoms with Crippen LogP contribution in [0.3, 0.4) is 0 Å². The van der Waals surface area contributed by atoms with E-state index >= 15 is 0 Å². The molecule has 2 saturated heterocycles. The standard InChI is InChI=1S/C19H23N3O2/c1-12-6-13(2)22(21-12)18-5-3-4-14(9-18)19(23)15-7-16-10-24-11-17(8-15)20-16/h3-6,9,15-17,20H,7-8,10-11H2,1-2H3. The Hall–Kier alpha value is -1.98. The Morgan fingerprint density at radius 1 is 1.21 bits per heavy atom. The molecule has 2 atom stereocenters. The van der Waals surface area contributed by atoms with Gasteiger partial charge in [0.1, 0.15) is 0 Å². The molecule has 3 heterocycles. The predicted octanol–water partition coefficient (Wildman–Crippen LogP) is 2.44. The van der Waals surface area contributed by atoms with Gasteiger partial charge in [0.15, 0.2) is 5.78 Å². The molecular weight excluding hydrogens is 302 g/mol. The summed E-state index contributed by atoms with van der Waals surface area (Å²) in [4.78, 5) is 13.0. The van der Waals surface area contributed by atoms with Crippen LogP contribution in [-0.4, -0.2) is 40.9 Å². The molecular formula is C19H23N3O2. The highest BCUT2D eigenvalue weighted by Gasteiger charge is 2.35. The zero-order valence-electron chi connectivity index (χ0n) is 14.2. The Labute approximate surface area is 142 Å². The van der Waals surface area contributed by atoms with E-state index < -0.39 is 0 Å². The van der Waals surface area contributed by atoms with Crippen LogP contribution in [0.1, 0.15) is 34.6 Å². The van der Waals surface area contributed by atoms with Crippen LogP contribution in [0.2, 0.25) is 0 Å². The molecule has 0 saturated carbocycles. The van der Waals surface area contributed by atoms with E-state index in [9.17, 15) is 4.79 Å². The maximum absolute atomic E-state index is 13.0. The Morgan fingerprint density at radius 2 is 1.96 bits per heavy atom. The van der Waals surface area contributed by atoms with E-state index in [1.807, 2.05) is 48.9 Å². The van der Waals surface area contributed by atoms with E-state index in [1.165, 1.54) is 0 Å². The lowest BCUT2D eigenvalue weighted by atomic mass is 9.82. The van der Waals surface area contributed by atoms with Crippen LogP contribution in [0.5, 0.6) is 0 Å². The highest BCUT2D eigenvalue weighted by atomic mass is 16.5. The second-order valence-corrected chi connectivity index (χ2v) is 7.02. The summed E-state index contributed by atoms with van der Waals surface area (Å²) in [5.74, 6) is 0.331. The van der Waals surface area contributed by atoms with Gasteiger partial charge < -0.3 is 10.1 Å². The van der Waals surface area contributed by atoms with Crippen molar-refractivity contribution in [2.24, 2.45) is 5.92 Å². The number of nitrogens with zero attached hydrogens (tertiary/aromatic N) is 2. The van der Waals surface area contributed by atoms with Crippen molar-refractivity contribution >= 4 is 5.78 Å². The third-order valence-corrected chi connectivity index (χ3v) is 5.00. The number of carbonyl (C=O) groups is 1. The zero-order chi connectivity index (χ0) is 16.7. The Kier molecular flexibility index (Phi) is 3.98. The SMILES string of the molecule is Cc1cc(C)n(-c2cccc(C(=O)C3CC4COCC(C3)N4)c2)n1. The maximum atomic E-state index is 13.0. The molecule has 24 heavy (non-hydrogen) atoms. The molecule has 2 aromatic rings. The van der Waals surface area contributed by atoms with Crippen LogP contribution < -0.4 is 5.32 Å². The summed E-state index contributed by atoms with van der Waals surface area (Å²) in [6.45, 7) is 5.44. The van der Waals surface area contributed by atoms with Crippen LogP contribution >= 0.6 is 0 Å². The second kappa shape index (κ2) is 6.15. The van der Waals surface area contributed by atoms with Crippen molar-refractivity contribution in [3.05, 3.63) is 47.3 Å². The van der Waals surface area contributed by atoms with Gasteiger partial charge in [-0.15, -0.1) is 0 Å². The predicted molar refractivity (Wildman–Crippen MR) is 91.6 cm³/mol. The summed E-state index contributed by atoms with van der Waals surface area (Å²) in [6.07, 6.45) is 1.72. The summed E-state index contributed by atoms with van der Waals surface area (Å²) < 4.78 is 7.48. The molecule has 126 valence electrons. The van der Waals surface area contributed by atoms with Crippen molar-refractivity contribution in [1.82, 2.24) is 15.1 Å². The first-order valence-corrected chi connectivity index (χ1v) is 8.62. The summed E-state index contributed by atoms with van der Waals surface area (Å²) in [5.41, 5.74) is 3.79. The number of fused-ring (bicyclic) bond motifs is 2. The normalized spacial score (nSPS) is 26.3. The van der Waals surface area contributed by atoms with Crippen molar-refractivity contribution in [2.45, 2.75) is 38.8 Å². The molecule has 0 aliphatic carbocycles. The molecule has 1 aromatic heterocycles. The average molecular weight is 325 g/mol. The van der Waals surface area contributed by atoms with Gasteiger partial charge >= 0.3 is 0 Å². The highest BCUT2D eigenvalue weighted by molar-refractivity contribution is 5.98. The average Bonchev–Trinajstić information content (AvgIpc) is 2.92. The molecule has 5 nitrogen and oxygen atoms in total. The van der Waals surface area contributed by atoms with Crippen molar-refractivity contribution in [2.75, 3.05) is 13.2 Å². The van der Waals surface area contributed by atoms with E-state index in [4.69, 9.17) is 4.74 Å². The van der Waals surface area contributed by atoms with Gasteiger partial charge in [0.05, 0.1) is 24.6 Å². The Bertz CT molecular complexity index is 756. The van der Waals surface area contributed by atoms with E-state index in [1.54, 1.807) is 0 Å². The number of aromatic nitrogens is 2. The molecule has 0 spiro atoms. The molecule has 2 fully saturated rings. The molecule has 2 aliphatic heterocycles. The van der Waals surface area contributed by atoms with Crippen LogP contribution in [-0.2, 0) is 4.74 Å². The quantitative estimate of drug-likeness (QED) is 0.881. The molecule has 5 heteroatoms. The zero-order valence-corrected chi connectivity index (χ0v) is 14.2. The summed E-state index contributed by atoms with van der Waals surface area (Å²) >= 11 is 0. The minimum absolute atomic E-state index is 0.0841. The van der Waals surface area contributed by atoms with Crippen molar-refractivity contribution < 1.29 is 9.53 Å². The summed E-state index contributed by atoms with van der Waals surface area (Å²) in [5, 5.41) is 8.06. The Morgan fingerprint density at radius 3 is 2.62 bits per heavy atom. The number of nitrogens with one attached hydrogen (secondary N) is 1. The van der Waals surface area contributed by atoms with Crippen LogP contribution in [0, 0.1) is 19.8 Å². The summed E-state index contributed by atoms with van der Waals surface area (Å²) in [6, 6.07) is 10.5. The van der Waals surface area contributed by atoms with Crippen molar-refractivity contribution in [1.29, 1.82) is 0 Å². The molecule has 2 unspecified atom stereocenters. The fourth-order valence-corrected chi connectivity index (χ4v) is 3.97. The lowest BCUT2D eigenvalue weighted by Crippen LogP contribution is -2.55. The van der Waals surface area contributed by atoms with Gasteiger partial charge in [0.25, 0.3) is 0 Å². The number of rotatable bonds is 3. The van der Waals surface area contributed by atoms with Gasteiger partial charge in [-0.1, -0.05) is 12.1 Å². The third kappa shape index (κ3) is 2.89. The minimum Gasteiger partial charge on any atom is -0.378 e. The van der Waals surface area contributed by atoms with Gasteiger partial charge in [0.2, 0.25) is 0 Å². The number of ether oxygens (including phenoxy) is 1. The fraction of sp³-hybridized carbons (Fsp3) is 0.474. The van der Waals surface area contributed by atoms with E-state index in [0.29, 0.717) is 25.3 Å².